The minimum absolute atomic E-state index is 0.225. The molecule has 0 saturated carbocycles. The molecule has 7 heteroatoms. The van der Waals surface area contributed by atoms with Crippen molar-refractivity contribution in [1.82, 2.24) is 10.2 Å². The van der Waals surface area contributed by atoms with Gasteiger partial charge in [-0.15, -0.1) is 0 Å². The van der Waals surface area contributed by atoms with Crippen molar-refractivity contribution in [2.45, 2.75) is 30.3 Å². The molecule has 6 nitrogen and oxygen atoms in total. The standard InChI is InChI=1S/C14H14N2O4S/c1-21(20)10-4-2-3-8-7-16(14(19)12(8)10)9-5-6-11(17)15-13(9)18/h2-4,9H,5-7H2,1H3,(H,15,17,18). The Hall–Kier alpha value is -2.02. The van der Waals surface area contributed by atoms with Crippen LogP contribution in [0.2, 0.25) is 0 Å². The Bertz CT molecular complexity index is 686. The number of nitrogens with zero attached hydrogens (tertiary/aromatic N) is 1. The highest BCUT2D eigenvalue weighted by atomic mass is 32.2. The molecule has 0 radical (unpaired) electrons. The molecule has 3 amide bonds. The number of piperidine rings is 1. The summed E-state index contributed by atoms with van der Waals surface area (Å²) in [5.41, 5.74) is 1.21. The predicted molar refractivity (Wildman–Crippen MR) is 74.8 cm³/mol. The molecule has 21 heavy (non-hydrogen) atoms. The molecule has 1 fully saturated rings. The Balaban J connectivity index is 1.94. The topological polar surface area (TPSA) is 83.6 Å². The third-order valence-electron chi connectivity index (χ3n) is 3.82. The van der Waals surface area contributed by atoms with Crippen LogP contribution in [0.5, 0.6) is 0 Å². The molecular weight excluding hydrogens is 292 g/mol. The lowest BCUT2D eigenvalue weighted by molar-refractivity contribution is -0.136. The summed E-state index contributed by atoms with van der Waals surface area (Å²) in [4.78, 5) is 37.7. The van der Waals surface area contributed by atoms with Crippen LogP contribution in [0.4, 0.5) is 0 Å². The van der Waals surface area contributed by atoms with Crippen molar-refractivity contribution < 1.29 is 18.6 Å². The zero-order chi connectivity index (χ0) is 15.1. The van der Waals surface area contributed by atoms with Gasteiger partial charge in [-0.3, -0.25) is 23.9 Å². The molecule has 110 valence electrons. The molecule has 2 unspecified atom stereocenters. The zero-order valence-corrected chi connectivity index (χ0v) is 12.2. The van der Waals surface area contributed by atoms with Crippen molar-refractivity contribution in [2.24, 2.45) is 0 Å². The van der Waals surface area contributed by atoms with Crippen molar-refractivity contribution >= 4 is 28.5 Å². The molecule has 0 spiro atoms. The molecule has 2 atom stereocenters. The third kappa shape index (κ3) is 2.27. The maximum atomic E-state index is 12.6. The minimum atomic E-state index is -1.27. The van der Waals surface area contributed by atoms with E-state index in [4.69, 9.17) is 0 Å². The second kappa shape index (κ2) is 5.07. The number of benzene rings is 1. The van der Waals surface area contributed by atoms with Crippen molar-refractivity contribution in [3.63, 3.8) is 0 Å². The first-order chi connectivity index (χ1) is 9.99. The van der Waals surface area contributed by atoms with Gasteiger partial charge in [-0.25, -0.2) is 0 Å². The second-order valence-electron chi connectivity index (χ2n) is 5.14. The summed E-state index contributed by atoms with van der Waals surface area (Å²) in [6.07, 6.45) is 2.08. The first-order valence-electron chi connectivity index (χ1n) is 6.59. The van der Waals surface area contributed by atoms with E-state index in [2.05, 4.69) is 5.32 Å². The fourth-order valence-electron chi connectivity index (χ4n) is 2.82. The second-order valence-corrected chi connectivity index (χ2v) is 6.49. The molecular formula is C14H14N2O4S. The fraction of sp³-hybridized carbons (Fsp3) is 0.357. The molecule has 1 aromatic rings. The predicted octanol–water partition coefficient (Wildman–Crippen LogP) is 0.185. The van der Waals surface area contributed by atoms with Crippen molar-refractivity contribution in [3.8, 4) is 0 Å². The summed E-state index contributed by atoms with van der Waals surface area (Å²) in [5.74, 6) is -1.03. The Kier molecular flexibility index (Phi) is 3.36. The number of rotatable bonds is 2. The van der Waals surface area contributed by atoms with Gasteiger partial charge in [0.25, 0.3) is 5.91 Å². The van der Waals surface area contributed by atoms with Gasteiger partial charge in [-0.05, 0) is 18.1 Å². The highest BCUT2D eigenvalue weighted by Gasteiger charge is 2.40. The fourth-order valence-corrected chi connectivity index (χ4v) is 3.60. The van der Waals surface area contributed by atoms with Crippen molar-refractivity contribution in [2.75, 3.05) is 6.26 Å². The lowest BCUT2D eigenvalue weighted by Crippen LogP contribution is -2.52. The molecule has 1 aromatic carbocycles. The van der Waals surface area contributed by atoms with E-state index in [0.717, 1.165) is 5.56 Å². The molecule has 1 saturated heterocycles. The van der Waals surface area contributed by atoms with Gasteiger partial charge < -0.3 is 4.90 Å². The van der Waals surface area contributed by atoms with Gasteiger partial charge >= 0.3 is 0 Å². The summed E-state index contributed by atoms with van der Waals surface area (Å²) in [6.45, 7) is 0.311. The average molecular weight is 306 g/mol. The Morgan fingerprint density at radius 3 is 2.71 bits per heavy atom. The maximum absolute atomic E-state index is 12.6. The van der Waals surface area contributed by atoms with Crippen LogP contribution >= 0.6 is 0 Å². The number of carbonyl (C=O) groups is 3. The normalized spacial score (nSPS) is 23.0. The molecule has 2 heterocycles. The molecule has 0 aliphatic carbocycles. The number of imide groups is 1. The zero-order valence-electron chi connectivity index (χ0n) is 11.4. The summed E-state index contributed by atoms with van der Waals surface area (Å²) >= 11 is 0. The Morgan fingerprint density at radius 2 is 2.05 bits per heavy atom. The summed E-state index contributed by atoms with van der Waals surface area (Å²) < 4.78 is 11.8. The van der Waals surface area contributed by atoms with Crippen LogP contribution in [-0.4, -0.2) is 39.1 Å². The van der Waals surface area contributed by atoms with Crippen LogP contribution in [0, 0.1) is 0 Å². The largest absolute Gasteiger partial charge is 0.322 e. The molecule has 0 aromatic heterocycles. The van der Waals surface area contributed by atoms with Crippen LogP contribution < -0.4 is 5.32 Å². The lowest BCUT2D eigenvalue weighted by atomic mass is 10.0. The molecule has 3 rings (SSSR count). The number of amides is 3. The van der Waals surface area contributed by atoms with Gasteiger partial charge in [0, 0.05) is 19.2 Å². The van der Waals surface area contributed by atoms with E-state index >= 15 is 0 Å². The maximum Gasteiger partial charge on any atom is 0.256 e. The number of carbonyl (C=O) groups excluding carboxylic acids is 3. The van der Waals surface area contributed by atoms with E-state index in [9.17, 15) is 18.6 Å². The van der Waals surface area contributed by atoms with Gasteiger partial charge in [0.15, 0.2) is 0 Å². The molecule has 0 bridgehead atoms. The Morgan fingerprint density at radius 1 is 1.29 bits per heavy atom. The highest BCUT2D eigenvalue weighted by Crippen LogP contribution is 2.30. The van der Waals surface area contributed by atoms with E-state index in [1.165, 1.54) is 11.2 Å². The van der Waals surface area contributed by atoms with E-state index in [1.807, 2.05) is 0 Å². The van der Waals surface area contributed by atoms with Crippen LogP contribution in [0.1, 0.15) is 28.8 Å². The molecule has 2 aliphatic heterocycles. The van der Waals surface area contributed by atoms with Gasteiger partial charge in [0.1, 0.15) is 6.04 Å². The lowest BCUT2D eigenvalue weighted by Gasteiger charge is -2.29. The summed E-state index contributed by atoms with van der Waals surface area (Å²) in [5, 5.41) is 2.26. The summed E-state index contributed by atoms with van der Waals surface area (Å²) in [6, 6.07) is 4.59. The summed E-state index contributed by atoms with van der Waals surface area (Å²) in [7, 11) is -1.27. The van der Waals surface area contributed by atoms with Gasteiger partial charge in [-0.2, -0.15) is 0 Å². The number of hydrogen-bond donors (Lipinski definition) is 1. The quantitative estimate of drug-likeness (QED) is 0.790. The number of nitrogens with one attached hydrogen (secondary N) is 1. The van der Waals surface area contributed by atoms with Gasteiger partial charge in [0.05, 0.1) is 21.3 Å². The first kappa shape index (κ1) is 13.9. The van der Waals surface area contributed by atoms with E-state index in [0.29, 0.717) is 23.4 Å². The van der Waals surface area contributed by atoms with Crippen molar-refractivity contribution in [1.29, 1.82) is 0 Å². The minimum Gasteiger partial charge on any atom is -0.322 e. The SMILES string of the molecule is CS(=O)c1cccc2c1C(=O)N(C1CCC(=O)NC1=O)C2. The van der Waals surface area contributed by atoms with E-state index < -0.39 is 22.7 Å². The first-order valence-corrected chi connectivity index (χ1v) is 8.15. The van der Waals surface area contributed by atoms with E-state index in [-0.39, 0.29) is 18.2 Å². The van der Waals surface area contributed by atoms with Crippen LogP contribution in [0.3, 0.4) is 0 Å². The molecule has 1 N–H and O–H groups in total. The smallest absolute Gasteiger partial charge is 0.256 e. The monoisotopic (exact) mass is 306 g/mol. The number of fused-ring (bicyclic) bond motifs is 1. The van der Waals surface area contributed by atoms with Crippen LogP contribution in [0.25, 0.3) is 0 Å². The highest BCUT2D eigenvalue weighted by molar-refractivity contribution is 7.84. The number of hydrogen-bond acceptors (Lipinski definition) is 4. The van der Waals surface area contributed by atoms with Crippen LogP contribution in [-0.2, 0) is 26.9 Å². The third-order valence-corrected chi connectivity index (χ3v) is 4.78. The van der Waals surface area contributed by atoms with Gasteiger partial charge in [0.2, 0.25) is 11.8 Å². The molecule has 2 aliphatic rings. The van der Waals surface area contributed by atoms with E-state index in [1.54, 1.807) is 18.2 Å². The van der Waals surface area contributed by atoms with Crippen molar-refractivity contribution in [3.05, 3.63) is 29.3 Å². The van der Waals surface area contributed by atoms with Gasteiger partial charge in [-0.1, -0.05) is 12.1 Å². The average Bonchev–Trinajstić information content (AvgIpc) is 2.76. The Labute approximate surface area is 124 Å². The van der Waals surface area contributed by atoms with Crippen LogP contribution in [0.15, 0.2) is 23.1 Å².